The average molecular weight is 541 g/mol. The number of hydrogen-bond donors (Lipinski definition) is 3. The number of fused-ring (bicyclic) bond motifs is 4. The average Bonchev–Trinajstić information content (AvgIpc) is 2.97. The van der Waals surface area contributed by atoms with Gasteiger partial charge in [-0.3, -0.25) is 9.79 Å². The van der Waals surface area contributed by atoms with Crippen molar-refractivity contribution in [3.05, 3.63) is 118 Å². The molecule has 0 heterocycles. The quantitative estimate of drug-likeness (QED) is 0.144. The lowest BCUT2D eigenvalue weighted by Gasteiger charge is -2.32. The van der Waals surface area contributed by atoms with Gasteiger partial charge in [0, 0.05) is 30.7 Å². The van der Waals surface area contributed by atoms with E-state index in [2.05, 4.69) is 43.2 Å². The van der Waals surface area contributed by atoms with Crippen LogP contribution >= 0.6 is 0 Å². The van der Waals surface area contributed by atoms with Gasteiger partial charge in [-0.05, 0) is 83.4 Å². The maximum absolute atomic E-state index is 12.5. The topological polar surface area (TPSA) is 81.9 Å². The zero-order chi connectivity index (χ0) is 29.7. The van der Waals surface area contributed by atoms with E-state index in [-0.39, 0.29) is 12.5 Å². The number of allylic oxidation sites excluding steroid dienone is 7. The Hall–Kier alpha value is -3.80. The fourth-order valence-electron chi connectivity index (χ4n) is 4.56. The number of aliphatic hydroxyl groups is 2. The van der Waals surface area contributed by atoms with Crippen LogP contribution in [0, 0.1) is 12.8 Å². The molecule has 1 unspecified atom stereocenters. The number of nitrogens with zero attached hydrogens (tertiary/aromatic N) is 1. The van der Waals surface area contributed by atoms with Gasteiger partial charge in [0.1, 0.15) is 11.9 Å². The third kappa shape index (κ3) is 7.65. The predicted octanol–water partition coefficient (Wildman–Crippen LogP) is 7.10. The van der Waals surface area contributed by atoms with Gasteiger partial charge in [-0.25, -0.2) is 0 Å². The molecule has 0 saturated heterocycles. The van der Waals surface area contributed by atoms with Crippen molar-refractivity contribution in [3.63, 3.8) is 0 Å². The van der Waals surface area contributed by atoms with Gasteiger partial charge in [0.2, 0.25) is 0 Å². The molecule has 0 fully saturated rings. The molecule has 2 aromatic rings. The van der Waals surface area contributed by atoms with Crippen molar-refractivity contribution in [2.24, 2.45) is 10.9 Å². The summed E-state index contributed by atoms with van der Waals surface area (Å²) in [7, 11) is 1.84. The minimum absolute atomic E-state index is 0.0506. The Morgan fingerprint density at radius 2 is 1.82 bits per heavy atom. The third-order valence-electron chi connectivity index (χ3n) is 6.70. The Morgan fingerprint density at radius 1 is 1.12 bits per heavy atom. The number of carbonyl (C=O) groups is 1. The van der Waals surface area contributed by atoms with Crippen LogP contribution in [0.3, 0.4) is 0 Å². The van der Waals surface area contributed by atoms with E-state index in [1.807, 2.05) is 76.5 Å². The van der Waals surface area contributed by atoms with Crippen LogP contribution in [0.2, 0.25) is 0 Å². The van der Waals surface area contributed by atoms with Crippen molar-refractivity contribution in [3.8, 4) is 0 Å². The van der Waals surface area contributed by atoms with Crippen LogP contribution in [0.15, 0.2) is 95.2 Å². The van der Waals surface area contributed by atoms with Crippen LogP contribution in [0.25, 0.3) is 5.57 Å². The molecule has 212 valence electrons. The van der Waals surface area contributed by atoms with Crippen LogP contribution in [0.1, 0.15) is 62.4 Å². The number of rotatable bonds is 8. The van der Waals surface area contributed by atoms with E-state index < -0.39 is 5.60 Å². The molecule has 2 aromatic carbocycles. The molecule has 4 bridgehead atoms. The molecular formula is C35H44N2O3. The molecule has 0 amide bonds. The lowest BCUT2D eigenvalue weighted by atomic mass is 9.79. The van der Waals surface area contributed by atoms with E-state index in [0.717, 1.165) is 45.4 Å². The summed E-state index contributed by atoms with van der Waals surface area (Å²) < 4.78 is 0. The minimum atomic E-state index is -1.44. The summed E-state index contributed by atoms with van der Waals surface area (Å²) >= 11 is 0. The number of anilines is 1. The van der Waals surface area contributed by atoms with Crippen molar-refractivity contribution >= 4 is 23.8 Å². The first-order valence-electron chi connectivity index (χ1n) is 13.9. The Kier molecular flexibility index (Phi) is 12.7. The van der Waals surface area contributed by atoms with E-state index >= 15 is 0 Å². The van der Waals surface area contributed by atoms with E-state index in [1.165, 1.54) is 0 Å². The molecule has 5 heteroatoms. The predicted molar refractivity (Wildman–Crippen MR) is 170 cm³/mol. The summed E-state index contributed by atoms with van der Waals surface area (Å²) in [5.74, 6) is 0.287. The number of aliphatic imine (C=N–C) groups is 1. The molecule has 0 spiro atoms. The van der Waals surface area contributed by atoms with Gasteiger partial charge in [0.05, 0.1) is 6.61 Å². The summed E-state index contributed by atoms with van der Waals surface area (Å²) in [5, 5.41) is 24.8. The van der Waals surface area contributed by atoms with Gasteiger partial charge in [-0.1, -0.05) is 82.3 Å². The smallest absolute Gasteiger partial charge is 0.143 e. The van der Waals surface area contributed by atoms with Crippen LogP contribution in [0.4, 0.5) is 5.69 Å². The monoisotopic (exact) mass is 540 g/mol. The Labute approximate surface area is 240 Å². The van der Waals surface area contributed by atoms with Crippen molar-refractivity contribution in [2.75, 3.05) is 19.0 Å². The molecule has 5 nitrogen and oxygen atoms in total. The summed E-state index contributed by atoms with van der Waals surface area (Å²) in [6, 6.07) is 11.9. The standard InChI is InChI=1S/C33H38N2O3.C2H6/c1-23(2)21-35-22-25(4)33(38)28-13-10-24(3)27(19-28)12-11-26(9-7-6-8-17-36)30(16-18-37)31-20-29(33)14-15-32(31)34-5;1-2/h6-11,13-16,18-23,34,36,38H,12,17H2,1-5H3;1-2H3/b8-6?,9-7-,25-22+,26-11+,30-16-,35-21?;. The zero-order valence-corrected chi connectivity index (χ0v) is 24.9. The number of aliphatic hydroxyl groups excluding tert-OH is 1. The van der Waals surface area contributed by atoms with Crippen LogP contribution in [0.5, 0.6) is 0 Å². The number of aryl methyl sites for hydroxylation is 1. The highest BCUT2D eigenvalue weighted by atomic mass is 16.3. The first kappa shape index (κ1) is 32.4. The number of nitrogens with one attached hydrogen (secondary N) is 1. The molecule has 0 radical (unpaired) electrons. The number of aldehydes is 1. The summed E-state index contributed by atoms with van der Waals surface area (Å²) in [4.78, 5) is 16.3. The molecule has 3 rings (SSSR count). The number of carbonyl (C=O) groups excluding carboxylic acids is 1. The van der Waals surface area contributed by atoms with E-state index in [4.69, 9.17) is 5.11 Å². The van der Waals surface area contributed by atoms with Crippen molar-refractivity contribution < 1.29 is 15.0 Å². The maximum atomic E-state index is 12.5. The van der Waals surface area contributed by atoms with Gasteiger partial charge in [0.15, 0.2) is 0 Å². The number of hydrogen-bond acceptors (Lipinski definition) is 5. The maximum Gasteiger partial charge on any atom is 0.143 e. The molecule has 0 aromatic heterocycles. The molecule has 3 N–H and O–H groups in total. The highest BCUT2D eigenvalue weighted by Gasteiger charge is 2.35. The molecule has 1 atom stereocenters. The fourth-order valence-corrected chi connectivity index (χ4v) is 4.56. The summed E-state index contributed by atoms with van der Waals surface area (Å²) in [5.41, 5.74) is 6.09. The second kappa shape index (κ2) is 15.7. The van der Waals surface area contributed by atoms with Crippen LogP contribution in [-0.4, -0.2) is 36.4 Å². The number of benzene rings is 2. The zero-order valence-electron chi connectivity index (χ0n) is 24.9. The second-order valence-corrected chi connectivity index (χ2v) is 9.77. The molecular weight excluding hydrogens is 496 g/mol. The molecule has 1 aliphatic rings. The molecule has 0 aliphatic heterocycles. The second-order valence-electron chi connectivity index (χ2n) is 9.77. The van der Waals surface area contributed by atoms with Gasteiger partial charge in [-0.15, -0.1) is 0 Å². The molecule has 1 aliphatic carbocycles. The van der Waals surface area contributed by atoms with E-state index in [1.54, 1.807) is 24.4 Å². The highest BCUT2D eigenvalue weighted by molar-refractivity contribution is 5.95. The van der Waals surface area contributed by atoms with Crippen molar-refractivity contribution in [1.29, 1.82) is 0 Å². The van der Waals surface area contributed by atoms with Crippen LogP contribution < -0.4 is 5.32 Å². The molecule has 40 heavy (non-hydrogen) atoms. The Bertz CT molecular complexity index is 1340. The van der Waals surface area contributed by atoms with Gasteiger partial charge < -0.3 is 15.5 Å². The van der Waals surface area contributed by atoms with Crippen molar-refractivity contribution in [1.82, 2.24) is 0 Å². The SMILES string of the molecule is CC.CNc1ccc2cc1C(=C\C=O)/C(/C=C\C=CCO)=C/Cc1cc(ccc1C)C2(O)/C(C)=C/N=CC(C)C. The lowest BCUT2D eigenvalue weighted by Crippen LogP contribution is -2.29. The van der Waals surface area contributed by atoms with E-state index in [9.17, 15) is 9.90 Å². The van der Waals surface area contributed by atoms with Gasteiger partial charge in [-0.2, -0.15) is 0 Å². The normalized spacial score (nSPS) is 19.9. The summed E-state index contributed by atoms with van der Waals surface area (Å²) in [6.45, 7) is 12.0. The highest BCUT2D eigenvalue weighted by Crippen LogP contribution is 2.41. The van der Waals surface area contributed by atoms with Gasteiger partial charge in [0.25, 0.3) is 0 Å². The van der Waals surface area contributed by atoms with Gasteiger partial charge >= 0.3 is 0 Å². The van der Waals surface area contributed by atoms with Crippen molar-refractivity contribution in [2.45, 2.75) is 53.6 Å². The Balaban J connectivity index is 0.00000274. The first-order chi connectivity index (χ1) is 19.3. The minimum Gasteiger partial charge on any atom is -0.392 e. The lowest BCUT2D eigenvalue weighted by molar-refractivity contribution is -0.104. The molecule has 0 saturated carbocycles. The van der Waals surface area contributed by atoms with Crippen LogP contribution in [-0.2, 0) is 16.8 Å². The largest absolute Gasteiger partial charge is 0.392 e. The van der Waals surface area contributed by atoms with E-state index in [0.29, 0.717) is 17.6 Å². The Morgan fingerprint density at radius 3 is 2.48 bits per heavy atom. The third-order valence-corrected chi connectivity index (χ3v) is 6.70. The summed E-state index contributed by atoms with van der Waals surface area (Å²) in [6.07, 6.45) is 15.8. The fraction of sp³-hybridized carbons (Fsp3) is 0.314. The first-order valence-corrected chi connectivity index (χ1v) is 13.9.